The number of benzene rings is 1. The molecule has 0 heterocycles. The van der Waals surface area contributed by atoms with Crippen molar-refractivity contribution in [2.24, 2.45) is 0 Å². The van der Waals surface area contributed by atoms with Crippen molar-refractivity contribution in [3.63, 3.8) is 0 Å². The monoisotopic (exact) mass is 223 g/mol. The van der Waals surface area contributed by atoms with E-state index in [0.717, 1.165) is 11.3 Å². The van der Waals surface area contributed by atoms with Crippen LogP contribution in [0.15, 0.2) is 24.3 Å². The summed E-state index contributed by atoms with van der Waals surface area (Å²) in [6, 6.07) is 7.48. The van der Waals surface area contributed by atoms with Crippen molar-refractivity contribution in [2.45, 2.75) is 32.4 Å². The van der Waals surface area contributed by atoms with Gasteiger partial charge in [0.15, 0.2) is 0 Å². The number of methoxy groups -OCH3 is 1. The summed E-state index contributed by atoms with van der Waals surface area (Å²) in [6.07, 6.45) is -0.481. The first-order valence-corrected chi connectivity index (χ1v) is 5.49. The quantitative estimate of drug-likeness (QED) is 0.821. The van der Waals surface area contributed by atoms with Gasteiger partial charge in [-0.05, 0) is 38.5 Å². The van der Waals surface area contributed by atoms with Crippen molar-refractivity contribution >= 4 is 0 Å². The molecule has 0 saturated heterocycles. The van der Waals surface area contributed by atoms with Gasteiger partial charge in [0, 0.05) is 12.1 Å². The zero-order chi connectivity index (χ0) is 12.2. The second-order valence-electron chi connectivity index (χ2n) is 4.92. The molecule has 16 heavy (non-hydrogen) atoms. The highest BCUT2D eigenvalue weighted by Gasteiger charge is 2.13. The number of aliphatic hydroxyl groups excluding tert-OH is 1. The lowest BCUT2D eigenvalue weighted by Gasteiger charge is -2.23. The molecule has 0 saturated carbocycles. The van der Waals surface area contributed by atoms with Gasteiger partial charge < -0.3 is 15.2 Å². The fourth-order valence-electron chi connectivity index (χ4n) is 1.35. The molecule has 1 aromatic rings. The molecule has 0 bridgehead atoms. The Balaban J connectivity index is 2.56. The second-order valence-corrected chi connectivity index (χ2v) is 4.92. The second kappa shape index (κ2) is 5.32. The average Bonchev–Trinajstić information content (AvgIpc) is 2.25. The first-order valence-electron chi connectivity index (χ1n) is 5.49. The molecule has 1 aromatic carbocycles. The topological polar surface area (TPSA) is 41.5 Å². The highest BCUT2D eigenvalue weighted by atomic mass is 16.5. The van der Waals surface area contributed by atoms with Crippen LogP contribution in [0.5, 0.6) is 5.75 Å². The third kappa shape index (κ3) is 4.21. The SMILES string of the molecule is COc1ccc([C@@H](O)CNC(C)(C)C)cc1. The maximum absolute atomic E-state index is 9.94. The zero-order valence-corrected chi connectivity index (χ0v) is 10.4. The molecule has 0 aliphatic rings. The van der Waals surface area contributed by atoms with Crippen LogP contribution >= 0.6 is 0 Å². The largest absolute Gasteiger partial charge is 0.497 e. The molecule has 0 unspecified atom stereocenters. The maximum atomic E-state index is 9.94. The average molecular weight is 223 g/mol. The van der Waals surface area contributed by atoms with Gasteiger partial charge >= 0.3 is 0 Å². The standard InChI is InChI=1S/C13H21NO2/c1-13(2,3)14-9-12(15)10-5-7-11(16-4)8-6-10/h5-8,12,14-15H,9H2,1-4H3/t12-/m0/s1. The molecule has 0 amide bonds. The molecule has 1 rings (SSSR count). The molecule has 0 radical (unpaired) electrons. The molecule has 0 fully saturated rings. The van der Waals surface area contributed by atoms with Crippen LogP contribution in [0.1, 0.15) is 32.4 Å². The smallest absolute Gasteiger partial charge is 0.118 e. The lowest BCUT2D eigenvalue weighted by Crippen LogP contribution is -2.38. The van der Waals surface area contributed by atoms with Gasteiger partial charge in [-0.25, -0.2) is 0 Å². The minimum absolute atomic E-state index is 0.0213. The van der Waals surface area contributed by atoms with Crippen molar-refractivity contribution in [3.05, 3.63) is 29.8 Å². The van der Waals surface area contributed by atoms with E-state index in [1.54, 1.807) is 7.11 Å². The summed E-state index contributed by atoms with van der Waals surface area (Å²) in [5.41, 5.74) is 0.922. The highest BCUT2D eigenvalue weighted by Crippen LogP contribution is 2.17. The Bertz CT molecular complexity index is 314. The van der Waals surface area contributed by atoms with E-state index >= 15 is 0 Å². The summed E-state index contributed by atoms with van der Waals surface area (Å²) in [5.74, 6) is 0.805. The number of hydrogen-bond donors (Lipinski definition) is 2. The van der Waals surface area contributed by atoms with E-state index in [0.29, 0.717) is 6.54 Å². The number of nitrogens with one attached hydrogen (secondary N) is 1. The molecule has 0 aliphatic carbocycles. The maximum Gasteiger partial charge on any atom is 0.118 e. The van der Waals surface area contributed by atoms with E-state index in [-0.39, 0.29) is 5.54 Å². The van der Waals surface area contributed by atoms with Crippen LogP contribution in [0.2, 0.25) is 0 Å². The van der Waals surface area contributed by atoms with Gasteiger partial charge in [0.1, 0.15) is 5.75 Å². The van der Waals surface area contributed by atoms with Gasteiger partial charge in [-0.3, -0.25) is 0 Å². The molecular formula is C13H21NO2. The first kappa shape index (κ1) is 13.0. The summed E-state index contributed by atoms with van der Waals surface area (Å²) in [7, 11) is 1.63. The fraction of sp³-hybridized carbons (Fsp3) is 0.538. The Labute approximate surface area is 97.4 Å². The number of hydrogen-bond acceptors (Lipinski definition) is 3. The van der Waals surface area contributed by atoms with Crippen molar-refractivity contribution in [3.8, 4) is 5.75 Å². The first-order chi connectivity index (χ1) is 7.42. The van der Waals surface area contributed by atoms with Crippen LogP contribution in [-0.4, -0.2) is 24.3 Å². The highest BCUT2D eigenvalue weighted by molar-refractivity contribution is 5.28. The third-order valence-corrected chi connectivity index (χ3v) is 2.33. The lowest BCUT2D eigenvalue weighted by atomic mass is 10.1. The van der Waals surface area contributed by atoms with Gasteiger partial charge in [-0.15, -0.1) is 0 Å². The Kier molecular flexibility index (Phi) is 4.33. The zero-order valence-electron chi connectivity index (χ0n) is 10.4. The Morgan fingerprint density at radius 1 is 1.25 bits per heavy atom. The normalized spacial score (nSPS) is 13.6. The Hall–Kier alpha value is -1.06. The molecule has 0 aliphatic heterocycles. The molecule has 2 N–H and O–H groups in total. The molecular weight excluding hydrogens is 202 g/mol. The number of ether oxygens (including phenoxy) is 1. The van der Waals surface area contributed by atoms with Gasteiger partial charge in [-0.1, -0.05) is 12.1 Å². The summed E-state index contributed by atoms with van der Waals surface area (Å²) in [5, 5.41) is 13.2. The van der Waals surface area contributed by atoms with Crippen LogP contribution in [0.3, 0.4) is 0 Å². The van der Waals surface area contributed by atoms with E-state index in [4.69, 9.17) is 4.74 Å². The van der Waals surface area contributed by atoms with E-state index in [9.17, 15) is 5.11 Å². The van der Waals surface area contributed by atoms with Crippen LogP contribution in [-0.2, 0) is 0 Å². The Morgan fingerprint density at radius 2 is 1.81 bits per heavy atom. The van der Waals surface area contributed by atoms with Crippen molar-refractivity contribution < 1.29 is 9.84 Å². The predicted molar refractivity (Wildman–Crippen MR) is 65.7 cm³/mol. The molecule has 0 spiro atoms. The molecule has 3 nitrogen and oxygen atoms in total. The van der Waals surface area contributed by atoms with Gasteiger partial charge in [0.2, 0.25) is 0 Å². The summed E-state index contributed by atoms with van der Waals surface area (Å²) < 4.78 is 5.07. The fourth-order valence-corrected chi connectivity index (χ4v) is 1.35. The minimum atomic E-state index is -0.481. The van der Waals surface area contributed by atoms with Crippen LogP contribution in [0.4, 0.5) is 0 Å². The predicted octanol–water partition coefficient (Wildman–Crippen LogP) is 2.12. The molecule has 90 valence electrons. The number of aliphatic hydroxyl groups is 1. The van der Waals surface area contributed by atoms with E-state index < -0.39 is 6.10 Å². The van der Waals surface area contributed by atoms with Gasteiger partial charge in [0.05, 0.1) is 13.2 Å². The number of rotatable bonds is 4. The molecule has 1 atom stereocenters. The van der Waals surface area contributed by atoms with Crippen molar-refractivity contribution in [1.29, 1.82) is 0 Å². The molecule has 3 heteroatoms. The van der Waals surface area contributed by atoms with E-state index in [1.807, 2.05) is 24.3 Å². The van der Waals surface area contributed by atoms with Crippen LogP contribution in [0.25, 0.3) is 0 Å². The van der Waals surface area contributed by atoms with Crippen LogP contribution < -0.4 is 10.1 Å². The minimum Gasteiger partial charge on any atom is -0.497 e. The Morgan fingerprint density at radius 3 is 2.25 bits per heavy atom. The summed E-state index contributed by atoms with van der Waals surface area (Å²) in [6.45, 7) is 6.78. The van der Waals surface area contributed by atoms with E-state index in [2.05, 4.69) is 26.1 Å². The third-order valence-electron chi connectivity index (χ3n) is 2.33. The van der Waals surface area contributed by atoms with Gasteiger partial charge in [0.25, 0.3) is 0 Å². The van der Waals surface area contributed by atoms with Crippen molar-refractivity contribution in [1.82, 2.24) is 5.32 Å². The summed E-state index contributed by atoms with van der Waals surface area (Å²) in [4.78, 5) is 0. The van der Waals surface area contributed by atoms with E-state index in [1.165, 1.54) is 0 Å². The molecule has 0 aromatic heterocycles. The van der Waals surface area contributed by atoms with Crippen LogP contribution in [0, 0.1) is 0 Å². The van der Waals surface area contributed by atoms with Crippen molar-refractivity contribution in [2.75, 3.05) is 13.7 Å². The van der Waals surface area contributed by atoms with Gasteiger partial charge in [-0.2, -0.15) is 0 Å². The number of β-amino-alcohol motifs (C(OH)–C–C–N with tert-alkyl or cyclic N) is 1. The lowest BCUT2D eigenvalue weighted by molar-refractivity contribution is 0.163. The summed E-state index contributed by atoms with van der Waals surface area (Å²) >= 11 is 0.